The van der Waals surface area contributed by atoms with Gasteiger partial charge in [0.05, 0.1) is 12.8 Å². The van der Waals surface area contributed by atoms with Crippen molar-refractivity contribution in [1.29, 1.82) is 0 Å². The predicted molar refractivity (Wildman–Crippen MR) is 61.2 cm³/mol. The highest BCUT2D eigenvalue weighted by Crippen LogP contribution is 2.39. The van der Waals surface area contributed by atoms with Gasteiger partial charge in [-0.05, 0) is 18.1 Å². The summed E-state index contributed by atoms with van der Waals surface area (Å²) < 4.78 is 4.75. The van der Waals surface area contributed by atoms with Crippen LogP contribution in [0.25, 0.3) is 0 Å². The van der Waals surface area contributed by atoms with Crippen molar-refractivity contribution in [3.63, 3.8) is 0 Å². The van der Waals surface area contributed by atoms with Gasteiger partial charge in [-0.15, -0.1) is 0 Å². The summed E-state index contributed by atoms with van der Waals surface area (Å²) in [4.78, 5) is 17.0. The molecule has 90 valence electrons. The molecule has 5 heteroatoms. The summed E-state index contributed by atoms with van der Waals surface area (Å²) in [6.07, 6.45) is 0.532. The number of carbonyl (C=O) groups is 1. The quantitative estimate of drug-likeness (QED) is 0.709. The Bertz CT molecular complexity index is 449. The molecule has 2 aliphatic rings. The van der Waals surface area contributed by atoms with E-state index in [1.165, 1.54) is 12.7 Å². The van der Waals surface area contributed by atoms with Gasteiger partial charge in [0.25, 0.3) is 0 Å². The van der Waals surface area contributed by atoms with E-state index in [0.29, 0.717) is 6.42 Å². The van der Waals surface area contributed by atoms with E-state index in [1.807, 2.05) is 18.2 Å². The lowest BCUT2D eigenvalue weighted by Gasteiger charge is -2.28. The van der Waals surface area contributed by atoms with Crippen LogP contribution >= 0.6 is 0 Å². The lowest BCUT2D eigenvalue weighted by atomic mass is 9.93. The molecule has 0 bridgehead atoms. The van der Waals surface area contributed by atoms with Crippen molar-refractivity contribution in [2.45, 2.75) is 24.6 Å². The number of esters is 1. The average molecular weight is 234 g/mol. The van der Waals surface area contributed by atoms with Crippen molar-refractivity contribution in [2.24, 2.45) is 0 Å². The van der Waals surface area contributed by atoms with Crippen LogP contribution in [-0.4, -0.2) is 25.3 Å². The van der Waals surface area contributed by atoms with Crippen LogP contribution in [0.4, 0.5) is 5.69 Å². The number of methoxy groups -OCH3 is 1. The summed E-state index contributed by atoms with van der Waals surface area (Å²) in [5.74, 6) is -0.0444. The van der Waals surface area contributed by atoms with E-state index in [4.69, 9.17) is 9.57 Å². The highest BCUT2D eigenvalue weighted by Gasteiger charge is 2.42. The van der Waals surface area contributed by atoms with Crippen LogP contribution in [0.15, 0.2) is 24.3 Å². The van der Waals surface area contributed by atoms with Crippen molar-refractivity contribution in [3.05, 3.63) is 29.8 Å². The number of nitrogens with one attached hydrogen (secondary N) is 2. The van der Waals surface area contributed by atoms with Crippen LogP contribution in [0.1, 0.15) is 17.9 Å². The zero-order valence-corrected chi connectivity index (χ0v) is 9.47. The van der Waals surface area contributed by atoms with E-state index < -0.39 is 0 Å². The Kier molecular flexibility index (Phi) is 2.49. The molecule has 2 aliphatic heterocycles. The number of anilines is 1. The first kappa shape index (κ1) is 10.6. The van der Waals surface area contributed by atoms with Crippen LogP contribution in [-0.2, 0) is 14.4 Å². The van der Waals surface area contributed by atoms with Gasteiger partial charge in [-0.2, -0.15) is 0 Å². The Balaban J connectivity index is 1.87. The van der Waals surface area contributed by atoms with E-state index in [-0.39, 0.29) is 24.2 Å². The predicted octanol–water partition coefficient (Wildman–Crippen LogP) is 0.988. The SMILES string of the molecule is COC(=O)C1CC2c3ccccc3NOC2N1. The Morgan fingerprint density at radius 1 is 1.47 bits per heavy atom. The minimum Gasteiger partial charge on any atom is -0.468 e. The summed E-state index contributed by atoms with van der Waals surface area (Å²) in [7, 11) is 1.40. The highest BCUT2D eigenvalue weighted by atomic mass is 16.7. The second kappa shape index (κ2) is 4.01. The smallest absolute Gasteiger partial charge is 0.322 e. The first-order chi connectivity index (χ1) is 8.29. The molecule has 3 unspecified atom stereocenters. The normalized spacial score (nSPS) is 30.1. The molecule has 2 N–H and O–H groups in total. The summed E-state index contributed by atoms with van der Waals surface area (Å²) in [5.41, 5.74) is 5.05. The third-order valence-corrected chi connectivity index (χ3v) is 3.36. The van der Waals surface area contributed by atoms with E-state index in [0.717, 1.165) is 5.69 Å². The van der Waals surface area contributed by atoms with Gasteiger partial charge < -0.3 is 4.74 Å². The van der Waals surface area contributed by atoms with Crippen LogP contribution in [0.2, 0.25) is 0 Å². The number of hydrogen-bond donors (Lipinski definition) is 2. The Labute approximate surface area is 99.1 Å². The van der Waals surface area contributed by atoms with Gasteiger partial charge in [-0.1, -0.05) is 18.2 Å². The van der Waals surface area contributed by atoms with E-state index in [9.17, 15) is 4.79 Å². The largest absolute Gasteiger partial charge is 0.468 e. The molecule has 0 saturated carbocycles. The Morgan fingerprint density at radius 3 is 3.12 bits per heavy atom. The molecule has 1 fully saturated rings. The number of para-hydroxylation sites is 1. The maximum atomic E-state index is 11.5. The minimum absolute atomic E-state index is 0.172. The van der Waals surface area contributed by atoms with Gasteiger partial charge in [0.15, 0.2) is 0 Å². The Morgan fingerprint density at radius 2 is 2.29 bits per heavy atom. The number of hydrogen-bond acceptors (Lipinski definition) is 5. The summed E-state index contributed by atoms with van der Waals surface area (Å²) in [6, 6.07) is 7.69. The highest BCUT2D eigenvalue weighted by molar-refractivity contribution is 5.76. The molecule has 0 amide bonds. The number of rotatable bonds is 1. The molecule has 17 heavy (non-hydrogen) atoms. The second-order valence-electron chi connectivity index (χ2n) is 4.31. The van der Waals surface area contributed by atoms with Crippen LogP contribution in [0.3, 0.4) is 0 Å². The third-order valence-electron chi connectivity index (χ3n) is 3.36. The fourth-order valence-electron chi connectivity index (χ4n) is 2.51. The molecule has 1 aromatic carbocycles. The number of benzene rings is 1. The van der Waals surface area contributed by atoms with Gasteiger partial charge in [0.1, 0.15) is 12.3 Å². The first-order valence-electron chi connectivity index (χ1n) is 5.64. The summed E-state index contributed by atoms with van der Waals surface area (Å²) in [6.45, 7) is 0. The zero-order valence-electron chi connectivity index (χ0n) is 9.47. The molecule has 5 nitrogen and oxygen atoms in total. The standard InChI is InChI=1S/C12H14N2O3/c1-16-12(15)10-6-8-7-4-2-3-5-9(7)14-17-11(8)13-10/h2-5,8,10-11,13-14H,6H2,1H3. The average Bonchev–Trinajstić information content (AvgIpc) is 2.82. The zero-order chi connectivity index (χ0) is 11.8. The molecule has 3 atom stereocenters. The van der Waals surface area contributed by atoms with Gasteiger partial charge in [0.2, 0.25) is 0 Å². The van der Waals surface area contributed by atoms with Gasteiger partial charge >= 0.3 is 5.97 Å². The monoisotopic (exact) mass is 234 g/mol. The first-order valence-corrected chi connectivity index (χ1v) is 5.64. The third kappa shape index (κ3) is 1.67. The van der Waals surface area contributed by atoms with Crippen LogP contribution in [0.5, 0.6) is 0 Å². The summed E-state index contributed by atoms with van der Waals surface area (Å²) >= 11 is 0. The van der Waals surface area contributed by atoms with Crippen LogP contribution in [0, 0.1) is 0 Å². The number of ether oxygens (including phenoxy) is 1. The number of fused-ring (bicyclic) bond motifs is 3. The van der Waals surface area contributed by atoms with Crippen molar-refractivity contribution in [1.82, 2.24) is 5.32 Å². The van der Waals surface area contributed by atoms with Crippen LogP contribution < -0.4 is 10.8 Å². The molecule has 0 aromatic heterocycles. The lowest BCUT2D eigenvalue weighted by Crippen LogP contribution is -2.40. The van der Waals surface area contributed by atoms with Gasteiger partial charge in [-0.3, -0.25) is 20.4 Å². The molecule has 0 spiro atoms. The van der Waals surface area contributed by atoms with E-state index in [1.54, 1.807) is 0 Å². The molecule has 0 aliphatic carbocycles. The van der Waals surface area contributed by atoms with Crippen molar-refractivity contribution < 1.29 is 14.4 Å². The van der Waals surface area contributed by atoms with Gasteiger partial charge in [-0.25, -0.2) is 0 Å². The van der Waals surface area contributed by atoms with E-state index in [2.05, 4.69) is 16.9 Å². The summed E-state index contributed by atoms with van der Waals surface area (Å²) in [5, 5.41) is 3.13. The second-order valence-corrected chi connectivity index (χ2v) is 4.31. The maximum absolute atomic E-state index is 11.5. The molecule has 0 radical (unpaired) electrons. The fraction of sp³-hybridized carbons (Fsp3) is 0.417. The molecule has 2 heterocycles. The Hall–Kier alpha value is -1.59. The topological polar surface area (TPSA) is 59.6 Å². The molecule has 1 saturated heterocycles. The molecule has 1 aromatic rings. The van der Waals surface area contributed by atoms with Gasteiger partial charge in [0, 0.05) is 5.92 Å². The van der Waals surface area contributed by atoms with E-state index >= 15 is 0 Å². The maximum Gasteiger partial charge on any atom is 0.322 e. The molecular formula is C12H14N2O3. The minimum atomic E-state index is -0.289. The lowest BCUT2D eigenvalue weighted by molar-refractivity contribution is -0.143. The number of carbonyl (C=O) groups excluding carboxylic acids is 1. The van der Waals surface area contributed by atoms with Crippen molar-refractivity contribution >= 4 is 11.7 Å². The van der Waals surface area contributed by atoms with Crippen molar-refractivity contribution in [2.75, 3.05) is 12.6 Å². The fourth-order valence-corrected chi connectivity index (χ4v) is 2.51. The molecular weight excluding hydrogens is 220 g/mol. The van der Waals surface area contributed by atoms with Crippen molar-refractivity contribution in [3.8, 4) is 0 Å². The molecule has 3 rings (SSSR count).